The second-order valence-corrected chi connectivity index (χ2v) is 12.9. The lowest BCUT2D eigenvalue weighted by molar-refractivity contribution is -0.228. The molecule has 3 aromatic rings. The molecular weight excluding hydrogens is 553 g/mol. The van der Waals surface area contributed by atoms with Crippen LogP contribution in [0.15, 0.2) is 70.5 Å². The zero-order chi connectivity index (χ0) is 29.1. The number of fused-ring (bicyclic) bond motifs is 3. The SMILES string of the molecule is CC(F)(c1ccc2c(c1)CC[C@H]1[C@H](CC(=O)c3ccc[nH]c3=O)CC[C@@]21S(=O)(=O)c1ccc(F)cc1)C(F)(F)F. The summed E-state index contributed by atoms with van der Waals surface area (Å²) in [6, 6.07) is 10.5. The van der Waals surface area contributed by atoms with Crippen LogP contribution in [0.5, 0.6) is 0 Å². The molecule has 2 aliphatic carbocycles. The van der Waals surface area contributed by atoms with Crippen LogP contribution in [-0.4, -0.2) is 25.4 Å². The first-order valence-corrected chi connectivity index (χ1v) is 14.3. The second kappa shape index (κ2) is 9.64. The van der Waals surface area contributed by atoms with Gasteiger partial charge in [-0.05, 0) is 97.5 Å². The first-order chi connectivity index (χ1) is 18.7. The Labute approximate surface area is 227 Å². The zero-order valence-corrected chi connectivity index (χ0v) is 22.2. The summed E-state index contributed by atoms with van der Waals surface area (Å²) in [6.45, 7) is 0.424. The highest BCUT2D eigenvalue weighted by molar-refractivity contribution is 7.92. The molecule has 0 amide bonds. The summed E-state index contributed by atoms with van der Waals surface area (Å²) >= 11 is 0. The summed E-state index contributed by atoms with van der Waals surface area (Å²) in [5.74, 6) is -2.15. The Kier molecular flexibility index (Phi) is 6.80. The van der Waals surface area contributed by atoms with Crippen molar-refractivity contribution in [2.75, 3.05) is 0 Å². The van der Waals surface area contributed by atoms with E-state index in [9.17, 15) is 40.0 Å². The molecule has 40 heavy (non-hydrogen) atoms. The summed E-state index contributed by atoms with van der Waals surface area (Å²) in [6.07, 6.45) is -3.13. The van der Waals surface area contributed by atoms with Crippen LogP contribution < -0.4 is 5.56 Å². The highest BCUT2D eigenvalue weighted by Crippen LogP contribution is 2.60. The van der Waals surface area contributed by atoms with Gasteiger partial charge in [-0.25, -0.2) is 17.2 Å². The van der Waals surface area contributed by atoms with Gasteiger partial charge in [0, 0.05) is 12.6 Å². The monoisotopic (exact) mass is 579 g/mol. The van der Waals surface area contributed by atoms with Gasteiger partial charge in [-0.15, -0.1) is 0 Å². The van der Waals surface area contributed by atoms with Crippen molar-refractivity contribution in [1.29, 1.82) is 0 Å². The van der Waals surface area contributed by atoms with Crippen LogP contribution in [0.2, 0.25) is 0 Å². The smallest absolute Gasteiger partial charge is 0.328 e. The number of ketones is 1. The van der Waals surface area contributed by atoms with Gasteiger partial charge in [-0.2, -0.15) is 13.2 Å². The first-order valence-electron chi connectivity index (χ1n) is 12.8. The predicted molar refractivity (Wildman–Crippen MR) is 137 cm³/mol. The number of benzene rings is 2. The van der Waals surface area contributed by atoms with E-state index < -0.39 is 61.0 Å². The van der Waals surface area contributed by atoms with E-state index in [2.05, 4.69) is 4.98 Å². The Bertz CT molecular complexity index is 1630. The molecule has 0 spiro atoms. The van der Waals surface area contributed by atoms with E-state index in [4.69, 9.17) is 0 Å². The van der Waals surface area contributed by atoms with Gasteiger partial charge in [0.15, 0.2) is 15.6 Å². The molecule has 11 heteroatoms. The number of halogens is 5. The number of rotatable bonds is 6. The maximum absolute atomic E-state index is 14.9. The van der Waals surface area contributed by atoms with Crippen molar-refractivity contribution < 1.29 is 35.2 Å². The lowest BCUT2D eigenvalue weighted by Crippen LogP contribution is -2.45. The highest BCUT2D eigenvalue weighted by atomic mass is 32.2. The fourth-order valence-corrected chi connectivity index (χ4v) is 8.99. The Balaban J connectivity index is 1.63. The number of sulfone groups is 1. The van der Waals surface area contributed by atoms with E-state index in [-0.39, 0.29) is 41.7 Å². The summed E-state index contributed by atoms with van der Waals surface area (Å²) in [5.41, 5.74) is -4.32. The first kappa shape index (κ1) is 28.2. The number of hydrogen-bond donors (Lipinski definition) is 1. The zero-order valence-electron chi connectivity index (χ0n) is 21.4. The van der Waals surface area contributed by atoms with Crippen molar-refractivity contribution in [3.63, 3.8) is 0 Å². The Morgan fingerprint density at radius 1 is 1.05 bits per heavy atom. The summed E-state index contributed by atoms with van der Waals surface area (Å²) in [7, 11) is -4.27. The molecule has 1 unspecified atom stereocenters. The van der Waals surface area contributed by atoms with E-state index in [1.807, 2.05) is 0 Å². The molecule has 1 saturated carbocycles. The van der Waals surface area contributed by atoms with Crippen molar-refractivity contribution in [3.05, 3.63) is 99.2 Å². The van der Waals surface area contributed by atoms with Crippen LogP contribution in [0.4, 0.5) is 22.0 Å². The molecule has 1 fully saturated rings. The molecule has 1 aromatic heterocycles. The van der Waals surface area contributed by atoms with Crippen molar-refractivity contribution >= 4 is 15.6 Å². The number of nitrogens with one attached hydrogen (secondary N) is 1. The number of Topliss-reactive ketones (excluding diaryl/α,β-unsaturated/α-hetero) is 1. The summed E-state index contributed by atoms with van der Waals surface area (Å²) < 4.78 is 96.0. The van der Waals surface area contributed by atoms with E-state index in [1.165, 1.54) is 24.4 Å². The fraction of sp³-hybridized carbons (Fsp3) is 0.379. The average molecular weight is 580 g/mol. The third-order valence-corrected chi connectivity index (χ3v) is 11.2. The molecule has 212 valence electrons. The maximum atomic E-state index is 14.9. The number of carbonyl (C=O) groups excluding carboxylic acids is 1. The molecule has 1 N–H and O–H groups in total. The number of hydrogen-bond acceptors (Lipinski definition) is 4. The van der Waals surface area contributed by atoms with Gasteiger partial charge in [-0.3, -0.25) is 9.59 Å². The topological polar surface area (TPSA) is 84.1 Å². The van der Waals surface area contributed by atoms with E-state index in [0.29, 0.717) is 18.9 Å². The van der Waals surface area contributed by atoms with Gasteiger partial charge < -0.3 is 4.98 Å². The van der Waals surface area contributed by atoms with Crippen LogP contribution in [0.1, 0.15) is 59.7 Å². The quantitative estimate of drug-likeness (QED) is 0.215. The molecule has 2 aliphatic rings. The molecule has 5 nitrogen and oxygen atoms in total. The molecule has 2 aromatic carbocycles. The molecule has 1 heterocycles. The van der Waals surface area contributed by atoms with Crippen molar-refractivity contribution in [3.8, 4) is 0 Å². The molecule has 0 aliphatic heterocycles. The number of aromatic nitrogens is 1. The van der Waals surface area contributed by atoms with Crippen molar-refractivity contribution in [1.82, 2.24) is 4.98 Å². The Hall–Kier alpha value is -3.34. The van der Waals surface area contributed by atoms with Gasteiger partial charge >= 0.3 is 6.18 Å². The number of aromatic amines is 1. The second-order valence-electron chi connectivity index (χ2n) is 10.7. The molecule has 0 bridgehead atoms. The summed E-state index contributed by atoms with van der Waals surface area (Å²) in [4.78, 5) is 27.6. The third-order valence-electron chi connectivity index (χ3n) is 8.58. The average Bonchev–Trinajstić information content (AvgIpc) is 3.28. The van der Waals surface area contributed by atoms with E-state index in [0.717, 1.165) is 36.4 Å². The number of alkyl halides is 4. The van der Waals surface area contributed by atoms with Gasteiger partial charge in [0.1, 0.15) is 10.6 Å². The van der Waals surface area contributed by atoms with Gasteiger partial charge in [-0.1, -0.05) is 18.2 Å². The lowest BCUT2D eigenvalue weighted by atomic mass is 9.71. The predicted octanol–water partition coefficient (Wildman–Crippen LogP) is 6.18. The number of aryl methyl sites for hydroxylation is 1. The van der Waals surface area contributed by atoms with Gasteiger partial charge in [0.25, 0.3) is 5.56 Å². The third kappa shape index (κ3) is 4.29. The fourth-order valence-electron chi connectivity index (χ4n) is 6.49. The van der Waals surface area contributed by atoms with Crippen LogP contribution in [0.3, 0.4) is 0 Å². The molecule has 0 saturated heterocycles. The highest BCUT2D eigenvalue weighted by Gasteiger charge is 2.61. The minimum Gasteiger partial charge on any atom is -0.328 e. The minimum atomic E-state index is -5.18. The van der Waals surface area contributed by atoms with E-state index in [1.54, 1.807) is 0 Å². The lowest BCUT2D eigenvalue weighted by Gasteiger charge is -2.42. The number of H-pyrrole nitrogens is 1. The largest absolute Gasteiger partial charge is 0.426 e. The summed E-state index contributed by atoms with van der Waals surface area (Å²) in [5, 5.41) is 0. The molecular formula is C29H26F5NO4S. The van der Waals surface area contributed by atoms with Crippen LogP contribution in [-0.2, 0) is 26.7 Å². The standard InChI is InChI=1S/C29H26F5NO4S/c1-27(31,29(32,33)34)19-5-11-24-17(15-19)4-10-23-18(16-25(36)22-3-2-14-35-26(22)37)12-13-28(23,24)40(38,39)21-8-6-20(30)7-9-21/h2-3,5-9,11,14-15,18,23H,4,10,12-13,16H2,1H3,(H,35,37)/t18-,23-,27?,28-/m0/s1. The number of pyridine rings is 1. The van der Waals surface area contributed by atoms with Crippen LogP contribution in [0.25, 0.3) is 0 Å². The van der Waals surface area contributed by atoms with Crippen molar-refractivity contribution in [2.45, 2.75) is 60.5 Å². The van der Waals surface area contributed by atoms with Gasteiger partial charge in [0.2, 0.25) is 5.67 Å². The molecule has 4 atom stereocenters. The number of carbonyl (C=O) groups is 1. The van der Waals surface area contributed by atoms with Gasteiger partial charge in [0.05, 0.1) is 10.5 Å². The molecule has 5 rings (SSSR count). The Morgan fingerprint density at radius 3 is 2.40 bits per heavy atom. The maximum Gasteiger partial charge on any atom is 0.426 e. The minimum absolute atomic E-state index is 0.0448. The normalized spacial score (nSPS) is 24.1. The van der Waals surface area contributed by atoms with Crippen LogP contribution >= 0.6 is 0 Å². The molecule has 0 radical (unpaired) electrons. The van der Waals surface area contributed by atoms with E-state index >= 15 is 0 Å². The van der Waals surface area contributed by atoms with Crippen LogP contribution in [0, 0.1) is 17.7 Å². The Morgan fingerprint density at radius 2 is 1.75 bits per heavy atom. The van der Waals surface area contributed by atoms with Crippen molar-refractivity contribution in [2.24, 2.45) is 11.8 Å².